The van der Waals surface area contributed by atoms with Crippen molar-refractivity contribution in [1.29, 1.82) is 0 Å². The summed E-state index contributed by atoms with van der Waals surface area (Å²) in [6.07, 6.45) is -1.90. The van der Waals surface area contributed by atoms with Crippen LogP contribution in [0.5, 0.6) is 0 Å². The highest BCUT2D eigenvalue weighted by atomic mass is 16.4. The molecular weight excluding hydrogens is 436 g/mol. The minimum atomic E-state index is -1.49. The van der Waals surface area contributed by atoms with Crippen molar-refractivity contribution in [2.75, 3.05) is 0 Å². The monoisotopic (exact) mass is 466 g/mol. The van der Waals surface area contributed by atoms with Gasteiger partial charge < -0.3 is 37.0 Å². The number of carbonyl (C=O) groups is 5. The lowest BCUT2D eigenvalue weighted by atomic mass is 10.0. The Hall–Kier alpha value is -3.51. The van der Waals surface area contributed by atoms with E-state index in [9.17, 15) is 29.1 Å². The standard InChI is InChI=1S/C21H30N4O8/c1-11(21(32)33)23-19(30)15(10-13-6-4-3-5-7-13)24-20(31)17(12(2)26)25-18(29)14(22)8-9-16(27)28/h3-7,11-12,14-15,17,26H,8-10,22H2,1-2H3,(H,23,30)(H,24,31)(H,25,29)(H,27,28)(H,32,33)/t11-,12+,14-,15-,17-/m0/s1. The van der Waals surface area contributed by atoms with Crippen molar-refractivity contribution in [1.82, 2.24) is 16.0 Å². The zero-order valence-corrected chi connectivity index (χ0v) is 18.4. The van der Waals surface area contributed by atoms with E-state index in [1.165, 1.54) is 13.8 Å². The van der Waals surface area contributed by atoms with Crippen molar-refractivity contribution in [3.05, 3.63) is 35.9 Å². The van der Waals surface area contributed by atoms with E-state index in [2.05, 4.69) is 16.0 Å². The van der Waals surface area contributed by atoms with Crippen LogP contribution in [0, 0.1) is 0 Å². The summed E-state index contributed by atoms with van der Waals surface area (Å²) in [4.78, 5) is 59.5. The third-order valence-electron chi connectivity index (χ3n) is 4.71. The Morgan fingerprint density at radius 3 is 2.03 bits per heavy atom. The van der Waals surface area contributed by atoms with Gasteiger partial charge in [0.05, 0.1) is 12.1 Å². The summed E-state index contributed by atoms with van der Waals surface area (Å²) < 4.78 is 0. The molecule has 33 heavy (non-hydrogen) atoms. The Kier molecular flexibility index (Phi) is 11.0. The van der Waals surface area contributed by atoms with Gasteiger partial charge in [0.25, 0.3) is 0 Å². The van der Waals surface area contributed by atoms with Crippen molar-refractivity contribution < 1.29 is 39.3 Å². The van der Waals surface area contributed by atoms with Crippen molar-refractivity contribution in [2.24, 2.45) is 5.73 Å². The van der Waals surface area contributed by atoms with Gasteiger partial charge in [0, 0.05) is 12.8 Å². The Bertz CT molecular complexity index is 846. The minimum Gasteiger partial charge on any atom is -0.481 e. The van der Waals surface area contributed by atoms with E-state index in [0.717, 1.165) is 0 Å². The minimum absolute atomic E-state index is 0.0172. The second-order valence-electron chi connectivity index (χ2n) is 7.59. The molecule has 8 N–H and O–H groups in total. The van der Waals surface area contributed by atoms with Crippen molar-refractivity contribution in [3.63, 3.8) is 0 Å². The first kappa shape index (κ1) is 27.5. The van der Waals surface area contributed by atoms with Crippen LogP contribution < -0.4 is 21.7 Å². The Morgan fingerprint density at radius 2 is 1.52 bits per heavy atom. The molecule has 0 fully saturated rings. The molecule has 12 heteroatoms. The summed E-state index contributed by atoms with van der Waals surface area (Å²) in [6, 6.07) is 3.49. The molecule has 0 saturated heterocycles. The lowest BCUT2D eigenvalue weighted by Crippen LogP contribution is -2.60. The van der Waals surface area contributed by atoms with E-state index in [-0.39, 0.29) is 19.3 Å². The van der Waals surface area contributed by atoms with Crippen molar-refractivity contribution >= 4 is 29.7 Å². The number of nitrogens with two attached hydrogens (primary N) is 1. The predicted octanol–water partition coefficient (Wildman–Crippen LogP) is -1.64. The summed E-state index contributed by atoms with van der Waals surface area (Å²) in [6.45, 7) is 2.51. The number of hydrogen-bond donors (Lipinski definition) is 7. The molecule has 1 aromatic carbocycles. The van der Waals surface area contributed by atoms with Crippen LogP contribution in [0.3, 0.4) is 0 Å². The van der Waals surface area contributed by atoms with E-state index >= 15 is 0 Å². The third kappa shape index (κ3) is 9.66. The molecule has 12 nitrogen and oxygen atoms in total. The molecule has 5 atom stereocenters. The molecule has 0 unspecified atom stereocenters. The van der Waals surface area contributed by atoms with Gasteiger partial charge in [-0.3, -0.25) is 24.0 Å². The molecule has 0 aliphatic rings. The summed E-state index contributed by atoms with van der Waals surface area (Å²) in [7, 11) is 0. The number of amides is 3. The van der Waals surface area contributed by atoms with Crippen molar-refractivity contribution in [3.8, 4) is 0 Å². The lowest BCUT2D eigenvalue weighted by Gasteiger charge is -2.26. The van der Waals surface area contributed by atoms with Gasteiger partial charge in [0.2, 0.25) is 17.7 Å². The van der Waals surface area contributed by atoms with Crippen LogP contribution in [0.2, 0.25) is 0 Å². The topological polar surface area (TPSA) is 208 Å². The molecule has 0 aromatic heterocycles. The number of carbonyl (C=O) groups excluding carboxylic acids is 3. The van der Waals surface area contributed by atoms with Gasteiger partial charge in [-0.1, -0.05) is 30.3 Å². The van der Waals surface area contributed by atoms with Gasteiger partial charge in [-0.15, -0.1) is 0 Å². The van der Waals surface area contributed by atoms with Crippen LogP contribution in [0.15, 0.2) is 30.3 Å². The van der Waals surface area contributed by atoms with Gasteiger partial charge in [0.15, 0.2) is 0 Å². The molecule has 0 aliphatic heterocycles. The number of aliphatic carboxylic acids is 2. The van der Waals surface area contributed by atoms with Crippen LogP contribution in [0.4, 0.5) is 0 Å². The Labute approximate surface area is 190 Å². The molecule has 0 aliphatic carbocycles. The fraction of sp³-hybridized carbons (Fsp3) is 0.476. The second kappa shape index (κ2) is 13.1. The number of benzene rings is 1. The highest BCUT2D eigenvalue weighted by Gasteiger charge is 2.32. The number of nitrogens with one attached hydrogen (secondary N) is 3. The first-order chi connectivity index (χ1) is 15.4. The maximum atomic E-state index is 12.8. The smallest absolute Gasteiger partial charge is 0.325 e. The normalized spacial score (nSPS) is 15.3. The first-order valence-corrected chi connectivity index (χ1v) is 10.3. The number of carboxylic acid groups (broad SMARTS) is 2. The average Bonchev–Trinajstić information content (AvgIpc) is 2.75. The van der Waals surface area contributed by atoms with Gasteiger partial charge >= 0.3 is 11.9 Å². The number of aliphatic hydroxyl groups is 1. The molecular formula is C21H30N4O8. The second-order valence-corrected chi connectivity index (χ2v) is 7.59. The third-order valence-corrected chi connectivity index (χ3v) is 4.71. The SMILES string of the molecule is C[C@H](NC(=O)[C@H](Cc1ccccc1)NC(=O)[C@@H](NC(=O)[C@@H](N)CCC(=O)O)[C@@H](C)O)C(=O)O. The summed E-state index contributed by atoms with van der Waals surface area (Å²) >= 11 is 0. The zero-order valence-electron chi connectivity index (χ0n) is 18.4. The van der Waals surface area contributed by atoms with Crippen LogP contribution in [0.25, 0.3) is 0 Å². The van der Waals surface area contributed by atoms with Crippen LogP contribution >= 0.6 is 0 Å². The van der Waals surface area contributed by atoms with Gasteiger partial charge in [0.1, 0.15) is 18.1 Å². The molecule has 0 bridgehead atoms. The summed E-state index contributed by atoms with van der Waals surface area (Å²) in [5, 5.41) is 34.7. The Balaban J connectivity index is 2.97. The highest BCUT2D eigenvalue weighted by Crippen LogP contribution is 2.06. The van der Waals surface area contributed by atoms with E-state index in [4.69, 9.17) is 15.9 Å². The predicted molar refractivity (Wildman–Crippen MR) is 116 cm³/mol. The molecule has 0 radical (unpaired) electrons. The van der Waals surface area contributed by atoms with Gasteiger partial charge in [-0.05, 0) is 25.8 Å². The summed E-state index contributed by atoms with van der Waals surface area (Å²) in [5.74, 6) is -4.93. The van der Waals surface area contributed by atoms with E-state index in [1.807, 2.05) is 0 Å². The average molecular weight is 466 g/mol. The van der Waals surface area contributed by atoms with Crippen LogP contribution in [-0.4, -0.2) is 75.3 Å². The molecule has 0 heterocycles. The highest BCUT2D eigenvalue weighted by molar-refractivity contribution is 5.94. The number of carboxylic acids is 2. The lowest BCUT2D eigenvalue weighted by molar-refractivity contribution is -0.142. The van der Waals surface area contributed by atoms with Gasteiger partial charge in [-0.2, -0.15) is 0 Å². The molecule has 3 amide bonds. The largest absolute Gasteiger partial charge is 0.481 e. The summed E-state index contributed by atoms with van der Waals surface area (Å²) in [5.41, 5.74) is 6.32. The van der Waals surface area contributed by atoms with E-state index < -0.39 is 59.9 Å². The van der Waals surface area contributed by atoms with Crippen LogP contribution in [0.1, 0.15) is 32.3 Å². The van der Waals surface area contributed by atoms with E-state index in [0.29, 0.717) is 5.56 Å². The number of hydrogen-bond acceptors (Lipinski definition) is 7. The molecule has 1 aromatic rings. The fourth-order valence-corrected chi connectivity index (χ4v) is 2.77. The van der Waals surface area contributed by atoms with Crippen LogP contribution in [-0.2, 0) is 30.4 Å². The Morgan fingerprint density at radius 1 is 0.909 bits per heavy atom. The molecule has 1 rings (SSSR count). The quantitative estimate of drug-likeness (QED) is 0.178. The zero-order chi connectivity index (χ0) is 25.1. The first-order valence-electron chi connectivity index (χ1n) is 10.3. The number of rotatable bonds is 13. The van der Waals surface area contributed by atoms with Crippen molar-refractivity contribution in [2.45, 2.75) is 63.4 Å². The molecule has 182 valence electrons. The molecule has 0 saturated carbocycles. The fourth-order valence-electron chi connectivity index (χ4n) is 2.77. The maximum absolute atomic E-state index is 12.8. The number of aliphatic hydroxyl groups excluding tert-OH is 1. The maximum Gasteiger partial charge on any atom is 0.325 e. The van der Waals surface area contributed by atoms with E-state index in [1.54, 1.807) is 30.3 Å². The van der Waals surface area contributed by atoms with Gasteiger partial charge in [-0.25, -0.2) is 0 Å². The molecule has 0 spiro atoms.